The summed E-state index contributed by atoms with van der Waals surface area (Å²) in [5, 5.41) is 0. The summed E-state index contributed by atoms with van der Waals surface area (Å²) in [6.45, 7) is 0. The Bertz CT molecular complexity index is 283. The molecule has 0 aliphatic heterocycles. The van der Waals surface area contributed by atoms with Crippen molar-refractivity contribution in [1.82, 2.24) is 0 Å². The number of benzene rings is 1. The van der Waals surface area contributed by atoms with Gasteiger partial charge in [0.25, 0.3) is 5.62 Å². The van der Waals surface area contributed by atoms with Crippen LogP contribution in [-0.4, -0.2) is 17.8 Å². The molecular formula is C10H11O3S. The third kappa shape index (κ3) is 3.05. The van der Waals surface area contributed by atoms with Crippen LogP contribution in [-0.2, 0) is 9.47 Å². The van der Waals surface area contributed by atoms with E-state index in [0.29, 0.717) is 5.56 Å². The summed E-state index contributed by atoms with van der Waals surface area (Å²) < 4.78 is 9.64. The quantitative estimate of drug-likeness (QED) is 0.565. The highest BCUT2D eigenvalue weighted by Crippen LogP contribution is 2.12. The summed E-state index contributed by atoms with van der Waals surface area (Å²) in [7, 11) is 3.21. The van der Waals surface area contributed by atoms with Crippen LogP contribution in [0.1, 0.15) is 10.4 Å². The summed E-state index contributed by atoms with van der Waals surface area (Å²) in [4.78, 5) is 11.4. The summed E-state index contributed by atoms with van der Waals surface area (Å²) >= 11 is 1.27. The zero-order chi connectivity index (χ0) is 10.4. The third-order valence-electron chi connectivity index (χ3n) is 1.54. The number of hydrogen-bond acceptors (Lipinski definition) is 4. The van der Waals surface area contributed by atoms with Crippen LogP contribution >= 0.6 is 11.8 Å². The largest absolute Gasteiger partial charge is 0.422 e. The Morgan fingerprint density at radius 2 is 2.07 bits per heavy atom. The van der Waals surface area contributed by atoms with Crippen LogP contribution in [0.4, 0.5) is 0 Å². The number of carbonyl (C=O) groups is 1. The molecular weight excluding hydrogens is 200 g/mol. The van der Waals surface area contributed by atoms with Crippen molar-refractivity contribution in [2.24, 2.45) is 0 Å². The normalized spacial score (nSPS) is 12.1. The average Bonchev–Trinajstić information content (AvgIpc) is 2.26. The predicted molar refractivity (Wildman–Crippen MR) is 55.6 cm³/mol. The van der Waals surface area contributed by atoms with Gasteiger partial charge in [0, 0.05) is 0 Å². The van der Waals surface area contributed by atoms with Gasteiger partial charge >= 0.3 is 5.97 Å². The van der Waals surface area contributed by atoms with Crippen molar-refractivity contribution < 1.29 is 14.3 Å². The van der Waals surface area contributed by atoms with Crippen LogP contribution in [0, 0.1) is 7.11 Å². The number of esters is 1. The van der Waals surface area contributed by atoms with E-state index >= 15 is 0 Å². The standard InChI is InChI=1S/C10H11O3S/c1-12-10(14-2)13-9(11)8-6-4-3-5-7-8/h3-7,10H,1H2,2H3. The van der Waals surface area contributed by atoms with Gasteiger partial charge in [0.2, 0.25) is 0 Å². The van der Waals surface area contributed by atoms with Gasteiger partial charge in [-0.1, -0.05) is 30.0 Å². The van der Waals surface area contributed by atoms with Gasteiger partial charge in [0.05, 0.1) is 12.7 Å². The minimum atomic E-state index is -0.650. The average molecular weight is 211 g/mol. The van der Waals surface area contributed by atoms with Gasteiger partial charge in [0.15, 0.2) is 0 Å². The Hall–Kier alpha value is -1.00. The van der Waals surface area contributed by atoms with Gasteiger partial charge in [-0.3, -0.25) is 0 Å². The second-order valence-electron chi connectivity index (χ2n) is 2.46. The van der Waals surface area contributed by atoms with Crippen LogP contribution in [0.15, 0.2) is 30.3 Å². The van der Waals surface area contributed by atoms with E-state index in [1.165, 1.54) is 11.8 Å². The Morgan fingerprint density at radius 3 is 2.57 bits per heavy atom. The van der Waals surface area contributed by atoms with E-state index in [4.69, 9.17) is 4.74 Å². The Morgan fingerprint density at radius 1 is 1.43 bits per heavy atom. The molecule has 0 saturated carbocycles. The van der Waals surface area contributed by atoms with E-state index in [1.807, 2.05) is 6.07 Å². The molecule has 1 atom stereocenters. The highest BCUT2D eigenvalue weighted by molar-refractivity contribution is 7.98. The SMILES string of the molecule is [CH2]OC(OC(=O)c1ccccc1)SC. The fraction of sp³-hybridized carbons (Fsp3) is 0.200. The second-order valence-corrected chi connectivity index (χ2v) is 3.32. The van der Waals surface area contributed by atoms with E-state index in [9.17, 15) is 4.79 Å². The molecule has 1 radical (unpaired) electrons. The lowest BCUT2D eigenvalue weighted by molar-refractivity contribution is -0.0213. The Labute approximate surface area is 87.4 Å². The van der Waals surface area contributed by atoms with Crippen LogP contribution in [0.2, 0.25) is 0 Å². The van der Waals surface area contributed by atoms with Gasteiger partial charge in [-0.15, -0.1) is 0 Å². The van der Waals surface area contributed by atoms with Crippen molar-refractivity contribution in [1.29, 1.82) is 0 Å². The van der Waals surface area contributed by atoms with E-state index in [1.54, 1.807) is 30.5 Å². The molecule has 1 aromatic rings. The van der Waals surface area contributed by atoms with Crippen LogP contribution in [0.5, 0.6) is 0 Å². The monoisotopic (exact) mass is 211 g/mol. The summed E-state index contributed by atoms with van der Waals surface area (Å²) in [6.07, 6.45) is 1.77. The van der Waals surface area contributed by atoms with Crippen molar-refractivity contribution >= 4 is 17.7 Å². The first-order valence-corrected chi connectivity index (χ1v) is 5.26. The molecule has 0 N–H and O–H groups in total. The Kier molecular flexibility index (Phi) is 4.49. The van der Waals surface area contributed by atoms with E-state index in [2.05, 4.69) is 11.8 Å². The zero-order valence-electron chi connectivity index (χ0n) is 7.80. The lowest BCUT2D eigenvalue weighted by Gasteiger charge is -2.12. The first kappa shape index (κ1) is 11.1. The predicted octanol–water partition coefficient (Wildman–Crippen LogP) is 2.30. The molecule has 3 nitrogen and oxygen atoms in total. The molecule has 1 aromatic carbocycles. The molecule has 0 amide bonds. The van der Waals surface area contributed by atoms with E-state index in [0.717, 1.165) is 0 Å². The highest BCUT2D eigenvalue weighted by Gasteiger charge is 2.13. The van der Waals surface area contributed by atoms with Gasteiger partial charge in [-0.05, 0) is 18.4 Å². The third-order valence-corrected chi connectivity index (χ3v) is 2.16. The molecule has 4 heteroatoms. The molecule has 0 saturated heterocycles. The van der Waals surface area contributed by atoms with Gasteiger partial charge in [-0.25, -0.2) is 4.79 Å². The first-order chi connectivity index (χ1) is 6.77. The van der Waals surface area contributed by atoms with Crippen molar-refractivity contribution in [2.75, 3.05) is 6.26 Å². The number of carbonyl (C=O) groups excluding carboxylic acids is 1. The molecule has 0 fully saturated rings. The topological polar surface area (TPSA) is 35.5 Å². The smallest absolute Gasteiger partial charge is 0.341 e. The van der Waals surface area contributed by atoms with Crippen molar-refractivity contribution in [2.45, 2.75) is 5.62 Å². The lowest BCUT2D eigenvalue weighted by Crippen LogP contribution is -2.15. The summed E-state index contributed by atoms with van der Waals surface area (Å²) in [5.41, 5.74) is -0.147. The first-order valence-electron chi connectivity index (χ1n) is 3.97. The summed E-state index contributed by atoms with van der Waals surface area (Å²) in [5.74, 6) is -0.409. The number of hydrogen-bond donors (Lipinski definition) is 0. The molecule has 75 valence electrons. The van der Waals surface area contributed by atoms with Crippen LogP contribution in [0.25, 0.3) is 0 Å². The fourth-order valence-electron chi connectivity index (χ4n) is 0.880. The van der Waals surface area contributed by atoms with Gasteiger partial charge in [0.1, 0.15) is 0 Å². The number of ether oxygens (including phenoxy) is 2. The zero-order valence-corrected chi connectivity index (χ0v) is 8.62. The molecule has 0 heterocycles. The maximum absolute atomic E-state index is 11.4. The molecule has 0 aliphatic carbocycles. The molecule has 0 aromatic heterocycles. The van der Waals surface area contributed by atoms with Gasteiger partial charge in [-0.2, -0.15) is 0 Å². The second kappa shape index (κ2) is 5.67. The fourth-order valence-corrected chi connectivity index (χ4v) is 1.20. The molecule has 14 heavy (non-hydrogen) atoms. The minimum Gasteiger partial charge on any atom is -0.422 e. The molecule has 0 aliphatic rings. The highest BCUT2D eigenvalue weighted by atomic mass is 32.2. The summed E-state index contributed by atoms with van der Waals surface area (Å²) in [6, 6.07) is 8.75. The van der Waals surface area contributed by atoms with E-state index in [-0.39, 0.29) is 0 Å². The van der Waals surface area contributed by atoms with Crippen LogP contribution < -0.4 is 0 Å². The van der Waals surface area contributed by atoms with Crippen LogP contribution in [0.3, 0.4) is 0 Å². The molecule has 1 unspecified atom stereocenters. The van der Waals surface area contributed by atoms with Crippen molar-refractivity contribution in [3.8, 4) is 0 Å². The Balaban J connectivity index is 2.59. The maximum atomic E-state index is 11.4. The molecule has 1 rings (SSSR count). The number of thioether (sulfide) groups is 1. The van der Waals surface area contributed by atoms with Crippen molar-refractivity contribution in [3.63, 3.8) is 0 Å². The molecule has 0 spiro atoms. The molecule has 0 bridgehead atoms. The van der Waals surface area contributed by atoms with E-state index < -0.39 is 11.6 Å². The van der Waals surface area contributed by atoms with Gasteiger partial charge < -0.3 is 9.47 Å². The maximum Gasteiger partial charge on any atom is 0.341 e. The number of rotatable bonds is 4. The lowest BCUT2D eigenvalue weighted by atomic mass is 10.2. The van der Waals surface area contributed by atoms with Crippen molar-refractivity contribution in [3.05, 3.63) is 43.0 Å². The minimum absolute atomic E-state index is 0.409.